The lowest BCUT2D eigenvalue weighted by Gasteiger charge is -2.14. The Morgan fingerprint density at radius 3 is 2.72 bits per heavy atom. The lowest BCUT2D eigenvalue weighted by atomic mass is 10.2. The fourth-order valence-corrected chi connectivity index (χ4v) is 2.66. The molecule has 0 radical (unpaired) electrons. The number of hydrogen-bond acceptors (Lipinski definition) is 4. The zero-order chi connectivity index (χ0) is 13.0. The molecule has 0 spiro atoms. The molecule has 2 N–H and O–H groups in total. The lowest BCUT2D eigenvalue weighted by Crippen LogP contribution is -2.25. The normalized spacial score (nSPS) is 20.3. The van der Waals surface area contributed by atoms with E-state index in [2.05, 4.69) is 10.1 Å². The van der Waals surface area contributed by atoms with Crippen LogP contribution in [0.25, 0.3) is 11.2 Å². The van der Waals surface area contributed by atoms with Gasteiger partial charge in [0.25, 0.3) is 0 Å². The summed E-state index contributed by atoms with van der Waals surface area (Å²) < 4.78 is 3.54. The monoisotopic (exact) mass is 248 g/mol. The maximum Gasteiger partial charge on any atom is 0.245 e. The first-order chi connectivity index (χ1) is 8.50. The van der Waals surface area contributed by atoms with Crippen LogP contribution in [0.15, 0.2) is 0 Å². The number of amides is 1. The van der Waals surface area contributed by atoms with E-state index in [-0.39, 0.29) is 11.9 Å². The van der Waals surface area contributed by atoms with Crippen LogP contribution in [0.5, 0.6) is 0 Å². The van der Waals surface area contributed by atoms with Gasteiger partial charge in [-0.3, -0.25) is 14.0 Å². The van der Waals surface area contributed by atoms with Gasteiger partial charge in [0, 0.05) is 20.6 Å². The van der Waals surface area contributed by atoms with Crippen LogP contribution in [0.2, 0.25) is 0 Å². The summed E-state index contributed by atoms with van der Waals surface area (Å²) >= 11 is 0. The predicted octanol–water partition coefficient (Wildman–Crippen LogP) is 0.0636. The molecule has 0 bridgehead atoms. The minimum Gasteiger partial charge on any atom is -0.369 e. The van der Waals surface area contributed by atoms with E-state index in [1.165, 1.54) is 0 Å². The van der Waals surface area contributed by atoms with Gasteiger partial charge in [-0.15, -0.1) is 0 Å². The van der Waals surface area contributed by atoms with Gasteiger partial charge >= 0.3 is 0 Å². The molecule has 3 heterocycles. The van der Waals surface area contributed by atoms with Crippen LogP contribution in [0.1, 0.15) is 18.2 Å². The molecule has 7 heteroatoms. The second-order valence-electron chi connectivity index (χ2n) is 4.79. The average Bonchev–Trinajstić information content (AvgIpc) is 2.89. The minimum atomic E-state index is -0.255. The molecule has 2 aromatic heterocycles. The molecular weight excluding hydrogens is 232 g/mol. The number of anilines is 1. The fourth-order valence-electron chi connectivity index (χ4n) is 2.66. The molecule has 96 valence electrons. The van der Waals surface area contributed by atoms with E-state index in [9.17, 15) is 4.79 Å². The second kappa shape index (κ2) is 3.47. The number of imidazole rings is 1. The number of aromatic nitrogens is 4. The van der Waals surface area contributed by atoms with Crippen molar-refractivity contribution in [2.75, 3.05) is 19.3 Å². The first kappa shape index (κ1) is 11.1. The Balaban J connectivity index is 2.23. The van der Waals surface area contributed by atoms with Gasteiger partial charge in [-0.1, -0.05) is 0 Å². The van der Waals surface area contributed by atoms with Crippen LogP contribution < -0.4 is 5.73 Å². The SMILES string of the molecule is Cc1nn(C)c2c1nc(N)n2C1CCN(C)C1=O. The highest BCUT2D eigenvalue weighted by Crippen LogP contribution is 2.30. The van der Waals surface area contributed by atoms with Gasteiger partial charge in [-0.05, 0) is 13.3 Å². The van der Waals surface area contributed by atoms with E-state index in [0.29, 0.717) is 5.95 Å². The summed E-state index contributed by atoms with van der Waals surface area (Å²) in [5.41, 5.74) is 8.39. The maximum absolute atomic E-state index is 12.1. The topological polar surface area (TPSA) is 82.0 Å². The third-order valence-electron chi connectivity index (χ3n) is 3.57. The van der Waals surface area contributed by atoms with Crippen LogP contribution in [0.4, 0.5) is 5.95 Å². The molecule has 0 aliphatic carbocycles. The Labute approximate surface area is 104 Å². The summed E-state index contributed by atoms with van der Waals surface area (Å²) in [5, 5.41) is 4.32. The maximum atomic E-state index is 12.1. The zero-order valence-corrected chi connectivity index (χ0v) is 10.7. The van der Waals surface area contributed by atoms with Crippen molar-refractivity contribution in [1.82, 2.24) is 24.2 Å². The highest BCUT2D eigenvalue weighted by Gasteiger charge is 2.34. The minimum absolute atomic E-state index is 0.0832. The van der Waals surface area contributed by atoms with Crippen molar-refractivity contribution in [1.29, 1.82) is 0 Å². The fraction of sp³-hybridized carbons (Fsp3) is 0.545. The highest BCUT2D eigenvalue weighted by atomic mass is 16.2. The number of likely N-dealkylation sites (tertiary alicyclic amines) is 1. The summed E-state index contributed by atoms with van der Waals surface area (Å²) in [6, 6.07) is -0.255. The Morgan fingerprint density at radius 1 is 1.39 bits per heavy atom. The number of carbonyl (C=O) groups excluding carboxylic acids is 1. The molecule has 1 aliphatic rings. The van der Waals surface area contributed by atoms with Crippen molar-refractivity contribution < 1.29 is 4.79 Å². The number of nitrogens with two attached hydrogens (primary N) is 1. The molecule has 2 aromatic rings. The van der Waals surface area contributed by atoms with Crippen LogP contribution in [0.3, 0.4) is 0 Å². The van der Waals surface area contributed by atoms with Crippen LogP contribution in [-0.4, -0.2) is 43.7 Å². The predicted molar refractivity (Wildman–Crippen MR) is 66.9 cm³/mol. The molecule has 18 heavy (non-hydrogen) atoms. The summed E-state index contributed by atoms with van der Waals surface area (Å²) in [4.78, 5) is 18.2. The van der Waals surface area contributed by atoms with E-state index in [4.69, 9.17) is 5.73 Å². The number of fused-ring (bicyclic) bond motifs is 1. The number of likely N-dealkylation sites (N-methyl/N-ethyl adjacent to an activating group) is 1. The molecular formula is C11H16N6O. The van der Waals surface area contributed by atoms with Gasteiger partial charge in [0.1, 0.15) is 11.6 Å². The molecule has 0 aromatic carbocycles. The van der Waals surface area contributed by atoms with E-state index in [1.807, 2.05) is 14.0 Å². The Bertz CT molecular complexity index is 640. The molecule has 0 saturated carbocycles. The van der Waals surface area contributed by atoms with E-state index < -0.39 is 0 Å². The number of carbonyl (C=O) groups is 1. The molecule has 1 atom stereocenters. The molecule has 7 nitrogen and oxygen atoms in total. The average molecular weight is 248 g/mol. The zero-order valence-electron chi connectivity index (χ0n) is 10.7. The van der Waals surface area contributed by atoms with Crippen molar-refractivity contribution in [3.05, 3.63) is 5.69 Å². The number of nitrogens with zero attached hydrogens (tertiary/aromatic N) is 5. The summed E-state index contributed by atoms with van der Waals surface area (Å²) in [6.45, 7) is 2.64. The van der Waals surface area contributed by atoms with Gasteiger partial charge in [-0.2, -0.15) is 5.10 Å². The Hall–Kier alpha value is -2.05. The molecule has 3 rings (SSSR count). The van der Waals surface area contributed by atoms with Crippen LogP contribution in [0, 0.1) is 6.92 Å². The third kappa shape index (κ3) is 1.27. The van der Waals surface area contributed by atoms with E-state index in [1.54, 1.807) is 21.2 Å². The second-order valence-corrected chi connectivity index (χ2v) is 4.79. The molecule has 1 saturated heterocycles. The van der Waals surface area contributed by atoms with E-state index in [0.717, 1.165) is 29.8 Å². The standard InChI is InChI=1S/C11H16N6O/c1-6-8-9(16(3)14-6)17(11(12)13-8)7-4-5-15(2)10(7)18/h7H,4-5H2,1-3H3,(H2,12,13). The number of aryl methyl sites for hydroxylation is 2. The Kier molecular flexibility index (Phi) is 2.13. The van der Waals surface area contributed by atoms with Crippen LogP contribution >= 0.6 is 0 Å². The first-order valence-corrected chi connectivity index (χ1v) is 5.92. The summed E-state index contributed by atoms with van der Waals surface area (Å²) in [7, 11) is 3.65. The first-order valence-electron chi connectivity index (χ1n) is 5.92. The van der Waals surface area contributed by atoms with Gasteiger partial charge in [0.05, 0.1) is 5.69 Å². The van der Waals surface area contributed by atoms with Gasteiger partial charge in [0.15, 0.2) is 5.65 Å². The molecule has 1 aliphatic heterocycles. The van der Waals surface area contributed by atoms with Crippen molar-refractivity contribution in [3.8, 4) is 0 Å². The van der Waals surface area contributed by atoms with Crippen LogP contribution in [-0.2, 0) is 11.8 Å². The Morgan fingerprint density at radius 2 is 2.11 bits per heavy atom. The van der Waals surface area contributed by atoms with Crippen molar-refractivity contribution in [3.63, 3.8) is 0 Å². The number of rotatable bonds is 1. The third-order valence-corrected chi connectivity index (χ3v) is 3.57. The molecule has 1 amide bonds. The quantitative estimate of drug-likeness (QED) is 0.774. The largest absolute Gasteiger partial charge is 0.369 e. The van der Waals surface area contributed by atoms with Crippen molar-refractivity contribution in [2.24, 2.45) is 7.05 Å². The van der Waals surface area contributed by atoms with Gasteiger partial charge in [-0.25, -0.2) is 4.98 Å². The number of nitrogen functional groups attached to an aromatic ring is 1. The smallest absolute Gasteiger partial charge is 0.245 e. The summed E-state index contributed by atoms with van der Waals surface area (Å²) in [5.74, 6) is 0.467. The van der Waals surface area contributed by atoms with E-state index >= 15 is 0 Å². The van der Waals surface area contributed by atoms with Crippen molar-refractivity contribution >= 4 is 23.0 Å². The highest BCUT2D eigenvalue weighted by molar-refractivity contribution is 5.86. The van der Waals surface area contributed by atoms with Crippen molar-refractivity contribution in [2.45, 2.75) is 19.4 Å². The summed E-state index contributed by atoms with van der Waals surface area (Å²) in [6.07, 6.45) is 0.759. The molecule has 1 unspecified atom stereocenters. The molecule has 1 fully saturated rings. The number of hydrogen-bond donors (Lipinski definition) is 1. The van der Waals surface area contributed by atoms with Gasteiger partial charge < -0.3 is 10.6 Å². The van der Waals surface area contributed by atoms with Gasteiger partial charge in [0.2, 0.25) is 11.9 Å². The lowest BCUT2D eigenvalue weighted by molar-refractivity contribution is -0.129.